The molecule has 0 saturated heterocycles. The molecule has 9 heteroatoms. The van der Waals surface area contributed by atoms with E-state index in [9.17, 15) is 22.0 Å². The lowest BCUT2D eigenvalue weighted by molar-refractivity contribution is 0.234. The average molecular weight is 371 g/mol. The van der Waals surface area contributed by atoms with Crippen molar-refractivity contribution >= 4 is 15.5 Å². The molecule has 25 heavy (non-hydrogen) atoms. The van der Waals surface area contributed by atoms with E-state index >= 15 is 0 Å². The third kappa shape index (κ3) is 4.04. The Bertz CT molecular complexity index is 894. The molecule has 2 N–H and O–H groups in total. The van der Waals surface area contributed by atoms with Gasteiger partial charge in [-0.25, -0.2) is 13.5 Å². The number of anilines is 1. The second-order valence-corrected chi connectivity index (χ2v) is 7.27. The standard InChI is InChI=1S/C16H19F2N3O3S/c1-3-12-13(15(22)21-20-14(12)4-2)9-19-10-5-7-11(8-6-10)25(23,24)16(17)18/h5-8,16,19H,3-4,9H2,1-2H3,(H,21,22). The summed E-state index contributed by atoms with van der Waals surface area (Å²) in [6.07, 6.45) is 1.34. The summed E-state index contributed by atoms with van der Waals surface area (Å²) in [6.45, 7) is 4.09. The van der Waals surface area contributed by atoms with Crippen LogP contribution in [-0.2, 0) is 29.2 Å². The number of hydrogen-bond acceptors (Lipinski definition) is 5. The minimum atomic E-state index is -4.61. The Morgan fingerprint density at radius 3 is 2.28 bits per heavy atom. The molecule has 1 aromatic heterocycles. The summed E-state index contributed by atoms with van der Waals surface area (Å²) in [5, 5.41) is 9.50. The zero-order chi connectivity index (χ0) is 18.6. The van der Waals surface area contributed by atoms with Crippen LogP contribution in [0.2, 0.25) is 0 Å². The van der Waals surface area contributed by atoms with Gasteiger partial charge in [-0.2, -0.15) is 13.9 Å². The minimum absolute atomic E-state index is 0.217. The Morgan fingerprint density at radius 1 is 1.12 bits per heavy atom. The van der Waals surface area contributed by atoms with Crippen LogP contribution >= 0.6 is 0 Å². The summed E-state index contributed by atoms with van der Waals surface area (Å²) in [5.41, 5.74) is 2.47. The Hall–Kier alpha value is -2.29. The van der Waals surface area contributed by atoms with E-state index < -0.39 is 20.5 Å². The summed E-state index contributed by atoms with van der Waals surface area (Å²) in [4.78, 5) is 11.6. The van der Waals surface area contributed by atoms with Gasteiger partial charge in [-0.15, -0.1) is 0 Å². The lowest BCUT2D eigenvalue weighted by atomic mass is 10.0. The summed E-state index contributed by atoms with van der Waals surface area (Å²) >= 11 is 0. The van der Waals surface area contributed by atoms with E-state index in [0.29, 0.717) is 24.1 Å². The van der Waals surface area contributed by atoms with E-state index in [1.807, 2.05) is 13.8 Å². The van der Waals surface area contributed by atoms with Gasteiger partial charge in [-0.3, -0.25) is 4.79 Å². The topological polar surface area (TPSA) is 91.9 Å². The quantitative estimate of drug-likeness (QED) is 0.780. The number of H-pyrrole nitrogens is 1. The van der Waals surface area contributed by atoms with Crippen molar-refractivity contribution in [1.29, 1.82) is 0 Å². The monoisotopic (exact) mass is 371 g/mol. The highest BCUT2D eigenvalue weighted by atomic mass is 32.2. The number of nitrogens with one attached hydrogen (secondary N) is 2. The van der Waals surface area contributed by atoms with Gasteiger partial charge in [0.2, 0.25) is 9.84 Å². The molecule has 6 nitrogen and oxygen atoms in total. The first kappa shape index (κ1) is 19.0. The summed E-state index contributed by atoms with van der Waals surface area (Å²) in [7, 11) is -4.61. The first-order valence-electron chi connectivity index (χ1n) is 7.76. The molecule has 2 rings (SSSR count). The molecule has 0 aliphatic carbocycles. The number of nitrogens with zero attached hydrogens (tertiary/aromatic N) is 1. The first-order chi connectivity index (χ1) is 11.8. The van der Waals surface area contributed by atoms with Gasteiger partial charge >= 0.3 is 5.76 Å². The van der Waals surface area contributed by atoms with Crippen molar-refractivity contribution in [2.45, 2.75) is 43.9 Å². The Kier molecular flexibility index (Phi) is 5.89. The molecule has 1 heterocycles. The molecule has 0 amide bonds. The lowest BCUT2D eigenvalue weighted by Crippen LogP contribution is -2.22. The minimum Gasteiger partial charge on any atom is -0.381 e. The molecule has 0 fully saturated rings. The highest BCUT2D eigenvalue weighted by molar-refractivity contribution is 7.91. The summed E-state index contributed by atoms with van der Waals surface area (Å²) < 4.78 is 47.8. The fourth-order valence-electron chi connectivity index (χ4n) is 2.52. The van der Waals surface area contributed by atoms with Gasteiger partial charge in [0.05, 0.1) is 10.6 Å². The number of hydrogen-bond donors (Lipinski definition) is 2. The fraction of sp³-hybridized carbons (Fsp3) is 0.375. The Morgan fingerprint density at radius 2 is 1.76 bits per heavy atom. The van der Waals surface area contributed by atoms with E-state index in [1.165, 1.54) is 12.1 Å². The lowest BCUT2D eigenvalue weighted by Gasteiger charge is -2.12. The van der Waals surface area contributed by atoms with E-state index in [4.69, 9.17) is 0 Å². The first-order valence-corrected chi connectivity index (χ1v) is 9.31. The fourth-order valence-corrected chi connectivity index (χ4v) is 3.24. The second-order valence-electron chi connectivity index (χ2n) is 5.35. The molecule has 0 spiro atoms. The molecule has 0 bridgehead atoms. The number of benzene rings is 1. The predicted octanol–water partition coefficient (Wildman–Crippen LogP) is 2.50. The third-order valence-electron chi connectivity index (χ3n) is 3.85. The number of aromatic amines is 1. The van der Waals surface area contributed by atoms with Gasteiger partial charge in [-0.05, 0) is 42.7 Å². The van der Waals surface area contributed by atoms with Crippen molar-refractivity contribution in [2.24, 2.45) is 0 Å². The summed E-state index contributed by atoms with van der Waals surface area (Å²) in [5.74, 6) is -3.46. The van der Waals surface area contributed by atoms with Crippen LogP contribution in [0.4, 0.5) is 14.5 Å². The molecule has 0 saturated carbocycles. The van der Waals surface area contributed by atoms with Crippen LogP contribution in [-0.4, -0.2) is 24.4 Å². The highest BCUT2D eigenvalue weighted by Gasteiger charge is 2.26. The van der Waals surface area contributed by atoms with Crippen LogP contribution in [0.25, 0.3) is 0 Å². The van der Waals surface area contributed by atoms with Crippen LogP contribution in [0.1, 0.15) is 30.7 Å². The van der Waals surface area contributed by atoms with Crippen LogP contribution in [0.15, 0.2) is 34.0 Å². The van der Waals surface area contributed by atoms with Gasteiger partial charge in [-0.1, -0.05) is 13.8 Å². The van der Waals surface area contributed by atoms with Crippen molar-refractivity contribution in [2.75, 3.05) is 5.32 Å². The Balaban J connectivity index is 2.22. The summed E-state index contributed by atoms with van der Waals surface area (Å²) in [6, 6.07) is 4.99. The van der Waals surface area contributed by atoms with E-state index in [-0.39, 0.29) is 12.1 Å². The molecule has 0 aliphatic heterocycles. The van der Waals surface area contributed by atoms with Crippen LogP contribution in [0, 0.1) is 0 Å². The van der Waals surface area contributed by atoms with E-state index in [0.717, 1.165) is 23.4 Å². The zero-order valence-corrected chi connectivity index (χ0v) is 14.7. The van der Waals surface area contributed by atoms with E-state index in [1.54, 1.807) is 0 Å². The zero-order valence-electron chi connectivity index (χ0n) is 13.8. The van der Waals surface area contributed by atoms with Crippen molar-refractivity contribution in [3.8, 4) is 0 Å². The largest absolute Gasteiger partial charge is 0.381 e. The van der Waals surface area contributed by atoms with Gasteiger partial charge in [0.1, 0.15) is 0 Å². The molecule has 136 valence electrons. The molecule has 0 aliphatic rings. The van der Waals surface area contributed by atoms with Gasteiger partial charge in [0.25, 0.3) is 5.56 Å². The maximum atomic E-state index is 12.5. The molecular weight excluding hydrogens is 352 g/mol. The van der Waals surface area contributed by atoms with Crippen LogP contribution in [0.5, 0.6) is 0 Å². The van der Waals surface area contributed by atoms with Crippen molar-refractivity contribution in [3.63, 3.8) is 0 Å². The van der Waals surface area contributed by atoms with Crippen molar-refractivity contribution in [3.05, 3.63) is 51.4 Å². The van der Waals surface area contributed by atoms with E-state index in [2.05, 4.69) is 15.5 Å². The molecule has 0 atom stereocenters. The molecular formula is C16H19F2N3O3S. The maximum Gasteiger partial charge on any atom is 0.341 e. The molecule has 2 aromatic rings. The molecule has 0 radical (unpaired) electrons. The normalized spacial score (nSPS) is 11.7. The maximum absolute atomic E-state index is 12.5. The van der Waals surface area contributed by atoms with Gasteiger partial charge in [0.15, 0.2) is 0 Å². The number of aryl methyl sites for hydroxylation is 1. The number of rotatable bonds is 7. The number of alkyl halides is 2. The van der Waals surface area contributed by atoms with Crippen LogP contribution < -0.4 is 10.9 Å². The highest BCUT2D eigenvalue weighted by Crippen LogP contribution is 2.21. The SMILES string of the molecule is CCc1n[nH]c(=O)c(CNc2ccc(S(=O)(=O)C(F)F)cc2)c1CC. The smallest absolute Gasteiger partial charge is 0.341 e. The average Bonchev–Trinajstić information content (AvgIpc) is 2.60. The van der Waals surface area contributed by atoms with Crippen molar-refractivity contribution in [1.82, 2.24) is 10.2 Å². The second kappa shape index (κ2) is 7.73. The number of sulfone groups is 1. The Labute approximate surface area is 144 Å². The van der Waals surface area contributed by atoms with Gasteiger partial charge < -0.3 is 5.32 Å². The molecule has 1 aromatic carbocycles. The number of halogens is 2. The third-order valence-corrected chi connectivity index (χ3v) is 5.25. The predicted molar refractivity (Wildman–Crippen MR) is 90.6 cm³/mol. The van der Waals surface area contributed by atoms with Crippen LogP contribution in [0.3, 0.4) is 0 Å². The van der Waals surface area contributed by atoms with Gasteiger partial charge in [0, 0.05) is 17.8 Å². The van der Waals surface area contributed by atoms with Crippen molar-refractivity contribution < 1.29 is 17.2 Å². The molecule has 0 unspecified atom stereocenters. The number of aromatic nitrogens is 2.